The van der Waals surface area contributed by atoms with Crippen molar-refractivity contribution in [2.45, 2.75) is 60.8 Å². The smallest absolute Gasteiger partial charge is 0.341 e. The van der Waals surface area contributed by atoms with E-state index in [9.17, 15) is 9.59 Å². The molecule has 158 valence electrons. The summed E-state index contributed by atoms with van der Waals surface area (Å²) in [5.74, 6) is 1.35. The molecular weight excluding hydrogens is 372 g/mol. The third-order valence-corrected chi connectivity index (χ3v) is 6.22. The molecule has 5 nitrogen and oxygen atoms in total. The quantitative estimate of drug-likeness (QED) is 0.616. The van der Waals surface area contributed by atoms with Crippen LogP contribution in [-0.4, -0.2) is 38.1 Å². The molecule has 0 radical (unpaired) electrons. The summed E-state index contributed by atoms with van der Waals surface area (Å²) in [6, 6.07) is 0. The van der Waals surface area contributed by atoms with Crippen molar-refractivity contribution in [3.63, 3.8) is 0 Å². The average Bonchev–Trinajstić information content (AvgIpc) is 2.90. The van der Waals surface area contributed by atoms with Gasteiger partial charge in [0.05, 0.1) is 25.3 Å². The molecule has 0 saturated heterocycles. The topological polar surface area (TPSA) is 59.8 Å². The summed E-state index contributed by atoms with van der Waals surface area (Å²) in [4.78, 5) is 27.9. The molecule has 28 heavy (non-hydrogen) atoms. The van der Waals surface area contributed by atoms with Crippen LogP contribution in [0.1, 0.15) is 68.8 Å². The van der Waals surface area contributed by atoms with Gasteiger partial charge in [-0.2, -0.15) is 0 Å². The van der Waals surface area contributed by atoms with Crippen molar-refractivity contribution in [1.82, 2.24) is 0 Å². The Bertz CT molecular complexity index is 672. The largest absolute Gasteiger partial charge is 0.462 e. The van der Waals surface area contributed by atoms with Gasteiger partial charge in [-0.05, 0) is 37.7 Å². The van der Waals surface area contributed by atoms with E-state index in [0.29, 0.717) is 41.5 Å². The van der Waals surface area contributed by atoms with Gasteiger partial charge in [-0.1, -0.05) is 34.6 Å². The van der Waals surface area contributed by atoms with E-state index in [1.807, 2.05) is 6.92 Å². The van der Waals surface area contributed by atoms with Crippen molar-refractivity contribution < 1.29 is 19.2 Å². The number of quaternary nitrogens is 1. The number of rotatable bonds is 9. The number of carbonyl (C=O) groups excluding carboxylic acids is 2. The predicted octanol–water partition coefficient (Wildman–Crippen LogP) is 3.19. The molecule has 0 unspecified atom stereocenters. The van der Waals surface area contributed by atoms with Crippen molar-refractivity contribution in [2.75, 3.05) is 31.6 Å². The highest BCUT2D eigenvalue weighted by Gasteiger charge is 2.29. The van der Waals surface area contributed by atoms with E-state index < -0.39 is 0 Å². The zero-order valence-corrected chi connectivity index (χ0v) is 19.1. The van der Waals surface area contributed by atoms with E-state index >= 15 is 0 Å². The first-order valence-electron chi connectivity index (χ1n) is 10.7. The fourth-order valence-electron chi connectivity index (χ4n) is 4.04. The van der Waals surface area contributed by atoms with Crippen LogP contribution in [0.4, 0.5) is 5.00 Å². The molecule has 1 amide bonds. The molecule has 0 saturated carbocycles. The third-order valence-electron chi connectivity index (χ3n) is 5.05. The molecule has 0 aliphatic heterocycles. The van der Waals surface area contributed by atoms with Gasteiger partial charge in [0, 0.05) is 16.7 Å². The first kappa shape index (κ1) is 22.9. The second-order valence-electron chi connectivity index (χ2n) is 8.95. The Morgan fingerprint density at radius 3 is 2.43 bits per heavy atom. The Kier molecular flexibility index (Phi) is 8.50. The molecular formula is C22H37N2O3S+. The molecule has 0 spiro atoms. The van der Waals surface area contributed by atoms with Gasteiger partial charge in [0.2, 0.25) is 0 Å². The minimum atomic E-state index is -0.307. The van der Waals surface area contributed by atoms with Crippen LogP contribution in [-0.2, 0) is 22.4 Å². The fourth-order valence-corrected chi connectivity index (χ4v) is 5.45. The van der Waals surface area contributed by atoms with Crippen LogP contribution < -0.4 is 10.2 Å². The van der Waals surface area contributed by atoms with Crippen molar-refractivity contribution in [2.24, 2.45) is 17.8 Å². The van der Waals surface area contributed by atoms with E-state index in [2.05, 4.69) is 39.9 Å². The molecule has 2 N–H and O–H groups in total. The minimum Gasteiger partial charge on any atom is -0.462 e. The Morgan fingerprint density at radius 2 is 1.86 bits per heavy atom. The maximum absolute atomic E-state index is 12.8. The SMILES string of the molecule is CCOC(=O)c1c(NC(=O)C[NH+](CC(C)C)CC(C)C)sc2c1CC[C@@H](C)C2. The van der Waals surface area contributed by atoms with Gasteiger partial charge >= 0.3 is 5.97 Å². The van der Waals surface area contributed by atoms with Crippen molar-refractivity contribution in [1.29, 1.82) is 0 Å². The van der Waals surface area contributed by atoms with Crippen molar-refractivity contribution in [3.8, 4) is 0 Å². The molecule has 1 aromatic rings. The van der Waals surface area contributed by atoms with E-state index in [0.717, 1.165) is 37.9 Å². The van der Waals surface area contributed by atoms with Crippen LogP contribution in [0.15, 0.2) is 0 Å². The number of thiophene rings is 1. The van der Waals surface area contributed by atoms with Gasteiger partial charge in [0.15, 0.2) is 6.54 Å². The van der Waals surface area contributed by atoms with Crippen LogP contribution in [0.2, 0.25) is 0 Å². The summed E-state index contributed by atoms with van der Waals surface area (Å²) in [5, 5.41) is 3.73. The minimum absolute atomic E-state index is 0.0199. The monoisotopic (exact) mass is 409 g/mol. The van der Waals surface area contributed by atoms with Crippen LogP contribution in [0.5, 0.6) is 0 Å². The number of ether oxygens (including phenoxy) is 1. The molecule has 1 atom stereocenters. The molecule has 0 aromatic carbocycles. The highest BCUT2D eigenvalue weighted by Crippen LogP contribution is 2.40. The first-order chi connectivity index (χ1) is 13.2. The summed E-state index contributed by atoms with van der Waals surface area (Å²) in [7, 11) is 0. The van der Waals surface area contributed by atoms with E-state index in [1.165, 1.54) is 9.78 Å². The molecule has 1 heterocycles. The molecule has 0 bridgehead atoms. The van der Waals surface area contributed by atoms with Gasteiger partial charge in [0.25, 0.3) is 5.91 Å². The summed E-state index contributed by atoms with van der Waals surface area (Å²) in [6.45, 7) is 15.5. The van der Waals surface area contributed by atoms with Crippen molar-refractivity contribution >= 4 is 28.2 Å². The highest BCUT2D eigenvalue weighted by molar-refractivity contribution is 7.17. The number of amides is 1. The van der Waals surface area contributed by atoms with Gasteiger partial charge < -0.3 is 15.0 Å². The normalized spacial score (nSPS) is 16.5. The number of carbonyl (C=O) groups is 2. The van der Waals surface area contributed by atoms with E-state index in [1.54, 1.807) is 11.3 Å². The first-order valence-corrected chi connectivity index (χ1v) is 11.5. The number of nitrogens with one attached hydrogen (secondary N) is 2. The van der Waals surface area contributed by atoms with Crippen LogP contribution in [0, 0.1) is 17.8 Å². The third kappa shape index (κ3) is 6.31. The lowest BCUT2D eigenvalue weighted by Crippen LogP contribution is -3.14. The lowest BCUT2D eigenvalue weighted by Gasteiger charge is -2.22. The number of hydrogen-bond acceptors (Lipinski definition) is 4. The van der Waals surface area contributed by atoms with E-state index in [-0.39, 0.29) is 11.9 Å². The highest BCUT2D eigenvalue weighted by atomic mass is 32.1. The predicted molar refractivity (Wildman–Crippen MR) is 115 cm³/mol. The average molecular weight is 410 g/mol. The molecule has 1 aromatic heterocycles. The summed E-state index contributed by atoms with van der Waals surface area (Å²) < 4.78 is 5.30. The Hall–Kier alpha value is -1.40. The van der Waals surface area contributed by atoms with Crippen LogP contribution in [0.3, 0.4) is 0 Å². The Morgan fingerprint density at radius 1 is 1.21 bits per heavy atom. The number of hydrogen-bond donors (Lipinski definition) is 2. The maximum Gasteiger partial charge on any atom is 0.341 e. The molecule has 2 rings (SSSR count). The zero-order chi connectivity index (χ0) is 20.8. The second-order valence-corrected chi connectivity index (χ2v) is 10.1. The standard InChI is InChI=1S/C22H36N2O3S/c1-7-27-22(26)20-17-9-8-16(6)10-18(17)28-21(20)23-19(25)13-24(11-14(2)3)12-15(4)5/h14-16H,7-13H2,1-6H3,(H,23,25)/p+1/t16-/m1/s1. The molecule has 0 fully saturated rings. The lowest BCUT2D eigenvalue weighted by molar-refractivity contribution is -0.897. The molecule has 1 aliphatic rings. The number of esters is 1. The van der Waals surface area contributed by atoms with Gasteiger partial charge in [0.1, 0.15) is 5.00 Å². The number of anilines is 1. The van der Waals surface area contributed by atoms with Crippen molar-refractivity contribution in [3.05, 3.63) is 16.0 Å². The lowest BCUT2D eigenvalue weighted by atomic mass is 9.88. The van der Waals surface area contributed by atoms with E-state index in [4.69, 9.17) is 4.74 Å². The second kappa shape index (κ2) is 10.4. The zero-order valence-electron chi connectivity index (χ0n) is 18.3. The van der Waals surface area contributed by atoms with Crippen LogP contribution >= 0.6 is 11.3 Å². The molecule has 6 heteroatoms. The summed E-state index contributed by atoms with van der Waals surface area (Å²) >= 11 is 1.56. The maximum atomic E-state index is 12.8. The van der Waals surface area contributed by atoms with Crippen LogP contribution in [0.25, 0.3) is 0 Å². The Labute approximate surface area is 173 Å². The van der Waals surface area contributed by atoms with Gasteiger partial charge in [-0.25, -0.2) is 4.79 Å². The van der Waals surface area contributed by atoms with Gasteiger partial charge in [-0.15, -0.1) is 11.3 Å². The molecule has 1 aliphatic carbocycles. The Balaban J connectivity index is 2.19. The summed E-state index contributed by atoms with van der Waals surface area (Å²) in [6.07, 6.45) is 2.93. The van der Waals surface area contributed by atoms with Gasteiger partial charge in [-0.3, -0.25) is 4.79 Å². The fraction of sp³-hybridized carbons (Fsp3) is 0.727. The number of fused-ring (bicyclic) bond motifs is 1. The summed E-state index contributed by atoms with van der Waals surface area (Å²) in [5.41, 5.74) is 1.68.